The van der Waals surface area contributed by atoms with Gasteiger partial charge < -0.3 is 10.5 Å². The molecule has 1 aliphatic rings. The van der Waals surface area contributed by atoms with Gasteiger partial charge in [0.1, 0.15) is 22.9 Å². The molecule has 1 atom stereocenters. The van der Waals surface area contributed by atoms with Crippen molar-refractivity contribution in [2.75, 3.05) is 24.3 Å². The SMILES string of the molecule is COc1nc(N2C[C@H](C)n3ncc(C#Cc4ccc(N)nc4)c3C2=O)ccc1C(F)(F)F.S. The van der Waals surface area contributed by atoms with E-state index in [4.69, 9.17) is 10.5 Å². The number of anilines is 2. The normalized spacial score (nSPS) is 15.2. The Morgan fingerprint density at radius 3 is 2.58 bits per heavy atom. The van der Waals surface area contributed by atoms with Gasteiger partial charge in [0.05, 0.1) is 24.9 Å². The zero-order valence-electron chi connectivity index (χ0n) is 17.5. The number of pyridine rings is 2. The van der Waals surface area contributed by atoms with Gasteiger partial charge in [-0.15, -0.1) is 0 Å². The quantitative estimate of drug-likeness (QED) is 0.571. The predicted molar refractivity (Wildman–Crippen MR) is 119 cm³/mol. The maximum Gasteiger partial charge on any atom is 0.421 e. The zero-order valence-corrected chi connectivity index (χ0v) is 18.5. The first kappa shape index (κ1) is 23.9. The highest BCUT2D eigenvalue weighted by Gasteiger charge is 2.38. The average Bonchev–Trinajstić information content (AvgIpc) is 3.20. The van der Waals surface area contributed by atoms with Crippen LogP contribution >= 0.6 is 13.5 Å². The van der Waals surface area contributed by atoms with Crippen LogP contribution in [0.15, 0.2) is 36.7 Å². The van der Waals surface area contributed by atoms with Crippen LogP contribution in [0.3, 0.4) is 0 Å². The Labute approximate surface area is 194 Å². The van der Waals surface area contributed by atoms with E-state index < -0.39 is 23.5 Å². The fraction of sp³-hybridized carbons (Fsp3) is 0.238. The van der Waals surface area contributed by atoms with Crippen molar-refractivity contribution in [3.05, 3.63) is 59.0 Å². The molecule has 12 heteroatoms. The van der Waals surface area contributed by atoms with Crippen molar-refractivity contribution in [1.29, 1.82) is 0 Å². The molecule has 0 spiro atoms. The smallest absolute Gasteiger partial charge is 0.421 e. The molecule has 33 heavy (non-hydrogen) atoms. The number of ether oxygens (including phenoxy) is 1. The summed E-state index contributed by atoms with van der Waals surface area (Å²) >= 11 is 0. The first-order valence-electron chi connectivity index (χ1n) is 9.44. The van der Waals surface area contributed by atoms with Gasteiger partial charge in [0.15, 0.2) is 0 Å². The summed E-state index contributed by atoms with van der Waals surface area (Å²) in [6, 6.07) is 5.04. The minimum Gasteiger partial charge on any atom is -0.481 e. The van der Waals surface area contributed by atoms with Crippen molar-refractivity contribution in [3.8, 4) is 17.7 Å². The first-order valence-corrected chi connectivity index (χ1v) is 9.44. The van der Waals surface area contributed by atoms with E-state index in [1.807, 2.05) is 6.92 Å². The maximum absolute atomic E-state index is 13.2. The number of hydrogen-bond donors (Lipinski definition) is 1. The molecule has 1 aliphatic heterocycles. The van der Waals surface area contributed by atoms with Gasteiger partial charge in [-0.1, -0.05) is 11.8 Å². The van der Waals surface area contributed by atoms with Gasteiger partial charge in [-0.3, -0.25) is 14.4 Å². The number of carbonyl (C=O) groups is 1. The van der Waals surface area contributed by atoms with Crippen molar-refractivity contribution in [1.82, 2.24) is 19.7 Å². The molecule has 0 radical (unpaired) electrons. The second-order valence-electron chi connectivity index (χ2n) is 7.06. The Hall–Kier alpha value is -3.72. The highest BCUT2D eigenvalue weighted by Crippen LogP contribution is 2.37. The van der Waals surface area contributed by atoms with Crippen molar-refractivity contribution in [2.45, 2.75) is 19.1 Å². The third kappa shape index (κ3) is 4.58. The molecule has 0 saturated heterocycles. The molecule has 1 amide bonds. The Morgan fingerprint density at radius 2 is 1.94 bits per heavy atom. The van der Waals surface area contributed by atoms with E-state index in [0.29, 0.717) is 16.9 Å². The summed E-state index contributed by atoms with van der Waals surface area (Å²) in [6.07, 6.45) is -1.65. The van der Waals surface area contributed by atoms with E-state index in [0.717, 1.165) is 19.2 Å². The van der Waals surface area contributed by atoms with Gasteiger partial charge in [-0.2, -0.15) is 36.7 Å². The van der Waals surface area contributed by atoms with Gasteiger partial charge in [-0.25, -0.2) is 4.98 Å². The highest BCUT2D eigenvalue weighted by molar-refractivity contribution is 7.59. The number of rotatable bonds is 2. The van der Waals surface area contributed by atoms with Crippen LogP contribution < -0.4 is 15.4 Å². The molecular formula is C21H19F3N6O2S. The third-order valence-corrected chi connectivity index (χ3v) is 4.86. The Balaban J connectivity index is 0.00000306. The molecular weight excluding hydrogens is 457 g/mol. The van der Waals surface area contributed by atoms with Crippen LogP contribution in [-0.2, 0) is 6.18 Å². The van der Waals surface area contributed by atoms with E-state index >= 15 is 0 Å². The summed E-state index contributed by atoms with van der Waals surface area (Å²) in [5.41, 5.74) is 5.75. The third-order valence-electron chi connectivity index (χ3n) is 4.86. The number of methoxy groups -OCH3 is 1. The Kier molecular flexibility index (Phi) is 6.55. The number of aromatic nitrogens is 4. The summed E-state index contributed by atoms with van der Waals surface area (Å²) in [5.74, 6) is 5.13. The minimum absolute atomic E-state index is 0. The van der Waals surface area contributed by atoms with Crippen LogP contribution in [0.2, 0.25) is 0 Å². The molecule has 4 heterocycles. The van der Waals surface area contributed by atoms with Crippen LogP contribution in [0.5, 0.6) is 5.88 Å². The zero-order chi connectivity index (χ0) is 23.0. The molecule has 8 nitrogen and oxygen atoms in total. The molecule has 0 saturated carbocycles. The first-order chi connectivity index (χ1) is 15.2. The number of nitrogens with two attached hydrogens (primary N) is 1. The Bertz CT molecular complexity index is 1250. The van der Waals surface area contributed by atoms with Crippen LogP contribution in [-0.4, -0.2) is 39.3 Å². The number of carbonyl (C=O) groups excluding carboxylic acids is 1. The van der Waals surface area contributed by atoms with E-state index in [-0.39, 0.29) is 37.6 Å². The van der Waals surface area contributed by atoms with Gasteiger partial charge in [0, 0.05) is 18.3 Å². The van der Waals surface area contributed by atoms with E-state index in [9.17, 15) is 18.0 Å². The lowest BCUT2D eigenvalue weighted by molar-refractivity contribution is -0.139. The van der Waals surface area contributed by atoms with Crippen molar-refractivity contribution >= 4 is 31.0 Å². The molecule has 3 aromatic heterocycles. The fourth-order valence-electron chi connectivity index (χ4n) is 3.32. The fourth-order valence-corrected chi connectivity index (χ4v) is 3.32. The van der Waals surface area contributed by atoms with Gasteiger partial charge >= 0.3 is 6.18 Å². The number of amides is 1. The van der Waals surface area contributed by atoms with Crippen molar-refractivity contribution in [3.63, 3.8) is 0 Å². The topological polar surface area (TPSA) is 99.2 Å². The predicted octanol–water partition coefficient (Wildman–Crippen LogP) is 3.02. The molecule has 0 unspecified atom stereocenters. The lowest BCUT2D eigenvalue weighted by atomic mass is 10.1. The Morgan fingerprint density at radius 1 is 1.18 bits per heavy atom. The van der Waals surface area contributed by atoms with E-state index in [2.05, 4.69) is 26.9 Å². The van der Waals surface area contributed by atoms with Gasteiger partial charge in [0.25, 0.3) is 5.91 Å². The number of alkyl halides is 3. The highest BCUT2D eigenvalue weighted by atomic mass is 32.1. The summed E-state index contributed by atoms with van der Waals surface area (Å²) < 4.78 is 45.9. The molecule has 0 aromatic carbocycles. The monoisotopic (exact) mass is 476 g/mol. The molecule has 172 valence electrons. The summed E-state index contributed by atoms with van der Waals surface area (Å²) in [7, 11) is 1.09. The lowest BCUT2D eigenvalue weighted by Crippen LogP contribution is -2.43. The number of nitrogens with zero attached hydrogens (tertiary/aromatic N) is 5. The van der Waals surface area contributed by atoms with Crippen LogP contribution in [0.25, 0.3) is 0 Å². The maximum atomic E-state index is 13.2. The number of nitrogen functional groups attached to an aromatic ring is 1. The number of halogens is 3. The molecule has 0 aliphatic carbocycles. The van der Waals surface area contributed by atoms with Crippen LogP contribution in [0.1, 0.15) is 40.1 Å². The summed E-state index contributed by atoms with van der Waals surface area (Å²) in [5, 5.41) is 4.26. The standard InChI is InChI=1S/C21H17F3N6O2.H2S/c1-12-11-29(17-8-6-15(21(22,23)24)19(28-17)32-2)20(31)18-14(10-27-30(12)18)5-3-13-4-7-16(25)26-9-13;/h4,6-10,12H,11H2,1-2H3,(H2,25,26);1H2/t12-;/m0./s1. The molecule has 4 rings (SSSR count). The van der Waals surface area contributed by atoms with Gasteiger partial charge in [0.2, 0.25) is 5.88 Å². The molecule has 2 N–H and O–H groups in total. The second-order valence-corrected chi connectivity index (χ2v) is 7.06. The van der Waals surface area contributed by atoms with E-state index in [1.54, 1.807) is 16.8 Å². The summed E-state index contributed by atoms with van der Waals surface area (Å²) in [4.78, 5) is 22.4. The van der Waals surface area contributed by atoms with Crippen LogP contribution in [0, 0.1) is 11.8 Å². The molecule has 0 bridgehead atoms. The molecule has 3 aromatic rings. The summed E-state index contributed by atoms with van der Waals surface area (Å²) in [6.45, 7) is 2.00. The largest absolute Gasteiger partial charge is 0.481 e. The number of hydrogen-bond acceptors (Lipinski definition) is 6. The lowest BCUT2D eigenvalue weighted by Gasteiger charge is -2.31. The molecule has 0 fully saturated rings. The average molecular weight is 476 g/mol. The van der Waals surface area contributed by atoms with Gasteiger partial charge in [-0.05, 0) is 31.2 Å². The van der Waals surface area contributed by atoms with E-state index in [1.165, 1.54) is 17.3 Å². The minimum atomic E-state index is -4.63. The number of fused-ring (bicyclic) bond motifs is 1. The van der Waals surface area contributed by atoms with Crippen LogP contribution in [0.4, 0.5) is 24.8 Å². The second kappa shape index (κ2) is 9.03. The van der Waals surface area contributed by atoms with Crippen molar-refractivity contribution < 1.29 is 22.7 Å². The van der Waals surface area contributed by atoms with Crippen molar-refractivity contribution in [2.24, 2.45) is 0 Å².